The molecule has 0 aromatic heterocycles. The summed E-state index contributed by atoms with van der Waals surface area (Å²) in [5, 5.41) is 6.45. The summed E-state index contributed by atoms with van der Waals surface area (Å²) in [6, 6.07) is 6.79. The number of rotatable bonds is 5. The SMILES string of the molecule is CNC(C)(C)CNc1ccc(S(C)(=O)=O)cc1. The normalized spacial score (nSPS) is 12.5. The minimum atomic E-state index is -3.11. The predicted octanol–water partition coefficient (Wildman–Crippen LogP) is 1.50. The summed E-state index contributed by atoms with van der Waals surface area (Å²) in [4.78, 5) is 0.343. The predicted molar refractivity (Wildman–Crippen MR) is 71.2 cm³/mol. The summed E-state index contributed by atoms with van der Waals surface area (Å²) in [5.41, 5.74) is 0.913. The summed E-state index contributed by atoms with van der Waals surface area (Å²) in [6.07, 6.45) is 1.21. The molecule has 2 N–H and O–H groups in total. The molecule has 0 spiro atoms. The van der Waals surface area contributed by atoms with Gasteiger partial charge < -0.3 is 10.6 Å². The molecule has 1 rings (SSSR count). The number of likely N-dealkylation sites (N-methyl/N-ethyl adjacent to an activating group) is 1. The molecule has 1 aromatic rings. The van der Waals surface area contributed by atoms with E-state index < -0.39 is 9.84 Å². The lowest BCUT2D eigenvalue weighted by Gasteiger charge is -2.24. The number of anilines is 1. The number of hydrogen-bond donors (Lipinski definition) is 2. The largest absolute Gasteiger partial charge is 0.383 e. The quantitative estimate of drug-likeness (QED) is 0.838. The van der Waals surface area contributed by atoms with E-state index in [0.29, 0.717) is 4.90 Å². The molecular formula is C12H20N2O2S. The molecule has 1 aromatic carbocycles. The summed E-state index contributed by atoms with van der Waals surface area (Å²) in [5.74, 6) is 0. The maximum atomic E-state index is 11.3. The van der Waals surface area contributed by atoms with Crippen LogP contribution in [0.4, 0.5) is 5.69 Å². The Morgan fingerprint density at radius 1 is 1.18 bits per heavy atom. The Kier molecular flexibility index (Phi) is 4.16. The lowest BCUT2D eigenvalue weighted by molar-refractivity contribution is 0.448. The van der Waals surface area contributed by atoms with Crippen molar-refractivity contribution in [2.75, 3.05) is 25.2 Å². The highest BCUT2D eigenvalue weighted by atomic mass is 32.2. The van der Waals surface area contributed by atoms with Crippen molar-refractivity contribution in [2.24, 2.45) is 0 Å². The van der Waals surface area contributed by atoms with Crippen LogP contribution < -0.4 is 10.6 Å². The van der Waals surface area contributed by atoms with E-state index in [2.05, 4.69) is 24.5 Å². The van der Waals surface area contributed by atoms with Crippen molar-refractivity contribution in [3.63, 3.8) is 0 Å². The van der Waals surface area contributed by atoms with Crippen molar-refractivity contribution in [1.29, 1.82) is 0 Å². The molecule has 96 valence electrons. The Morgan fingerprint density at radius 2 is 1.71 bits per heavy atom. The molecular weight excluding hydrogens is 236 g/mol. The standard InChI is InChI=1S/C12H20N2O2S/c1-12(2,13-3)9-14-10-5-7-11(8-6-10)17(4,15)16/h5-8,13-14H,9H2,1-4H3. The van der Waals surface area contributed by atoms with Crippen LogP contribution in [0.5, 0.6) is 0 Å². The van der Waals surface area contributed by atoms with Gasteiger partial charge in [-0.2, -0.15) is 0 Å². The van der Waals surface area contributed by atoms with Gasteiger partial charge in [0.25, 0.3) is 0 Å². The van der Waals surface area contributed by atoms with Crippen molar-refractivity contribution < 1.29 is 8.42 Å². The van der Waals surface area contributed by atoms with E-state index in [1.54, 1.807) is 24.3 Å². The number of benzene rings is 1. The van der Waals surface area contributed by atoms with Crippen molar-refractivity contribution in [1.82, 2.24) is 5.32 Å². The number of sulfone groups is 1. The van der Waals surface area contributed by atoms with Gasteiger partial charge in [-0.1, -0.05) is 0 Å². The average Bonchev–Trinajstić information content (AvgIpc) is 2.26. The van der Waals surface area contributed by atoms with E-state index in [1.165, 1.54) is 6.26 Å². The average molecular weight is 256 g/mol. The monoisotopic (exact) mass is 256 g/mol. The first kappa shape index (κ1) is 14.0. The molecule has 4 nitrogen and oxygen atoms in total. The van der Waals surface area contributed by atoms with Crippen LogP contribution in [0.25, 0.3) is 0 Å². The Morgan fingerprint density at radius 3 is 2.12 bits per heavy atom. The van der Waals surface area contributed by atoms with E-state index in [1.807, 2.05) is 7.05 Å². The van der Waals surface area contributed by atoms with Gasteiger partial charge in [0.2, 0.25) is 0 Å². The molecule has 0 fully saturated rings. The van der Waals surface area contributed by atoms with Gasteiger partial charge in [0.1, 0.15) is 0 Å². The second-order valence-electron chi connectivity index (χ2n) is 4.78. The van der Waals surface area contributed by atoms with Crippen molar-refractivity contribution in [2.45, 2.75) is 24.3 Å². The van der Waals surface area contributed by atoms with Gasteiger partial charge in [-0.15, -0.1) is 0 Å². The van der Waals surface area contributed by atoms with Gasteiger partial charge in [0.15, 0.2) is 9.84 Å². The fraction of sp³-hybridized carbons (Fsp3) is 0.500. The molecule has 0 atom stereocenters. The highest BCUT2D eigenvalue weighted by Gasteiger charge is 2.13. The van der Waals surface area contributed by atoms with Crippen molar-refractivity contribution >= 4 is 15.5 Å². The molecule has 0 aliphatic heterocycles. The van der Waals surface area contributed by atoms with Crippen molar-refractivity contribution in [3.05, 3.63) is 24.3 Å². The second kappa shape index (κ2) is 5.06. The fourth-order valence-electron chi connectivity index (χ4n) is 1.23. The van der Waals surface area contributed by atoms with Crippen LogP contribution in [0.3, 0.4) is 0 Å². The lowest BCUT2D eigenvalue weighted by atomic mass is 10.1. The molecule has 0 aliphatic rings. The number of hydrogen-bond acceptors (Lipinski definition) is 4. The molecule has 17 heavy (non-hydrogen) atoms. The zero-order valence-electron chi connectivity index (χ0n) is 10.7. The molecule has 0 bridgehead atoms. The molecule has 0 saturated carbocycles. The molecule has 0 aliphatic carbocycles. The van der Waals surface area contributed by atoms with Crippen LogP contribution in [0, 0.1) is 0 Å². The Hall–Kier alpha value is -1.07. The summed E-state index contributed by atoms with van der Waals surface area (Å²) >= 11 is 0. The topological polar surface area (TPSA) is 58.2 Å². The van der Waals surface area contributed by atoms with E-state index >= 15 is 0 Å². The van der Waals surface area contributed by atoms with E-state index in [4.69, 9.17) is 0 Å². The minimum absolute atomic E-state index is 0.00446. The van der Waals surface area contributed by atoms with Crippen LogP contribution in [0.15, 0.2) is 29.2 Å². The van der Waals surface area contributed by atoms with E-state index in [9.17, 15) is 8.42 Å². The van der Waals surface area contributed by atoms with Crippen molar-refractivity contribution in [3.8, 4) is 0 Å². The zero-order valence-corrected chi connectivity index (χ0v) is 11.6. The zero-order chi connectivity index (χ0) is 13.1. The Bertz CT molecular complexity index is 464. The Labute approximate surface area is 103 Å². The first-order valence-corrected chi connectivity index (χ1v) is 7.37. The molecule has 0 heterocycles. The summed E-state index contributed by atoms with van der Waals surface area (Å²) in [7, 11) is -1.20. The first-order chi connectivity index (χ1) is 7.74. The van der Waals surface area contributed by atoms with Gasteiger partial charge in [0.05, 0.1) is 4.90 Å². The van der Waals surface area contributed by atoms with Gasteiger partial charge in [0, 0.05) is 24.0 Å². The van der Waals surface area contributed by atoms with Crippen LogP contribution >= 0.6 is 0 Å². The molecule has 0 radical (unpaired) electrons. The summed E-state index contributed by atoms with van der Waals surface area (Å²) in [6.45, 7) is 4.94. The summed E-state index contributed by atoms with van der Waals surface area (Å²) < 4.78 is 22.6. The van der Waals surface area contributed by atoms with Crippen LogP contribution in [0.2, 0.25) is 0 Å². The molecule has 0 amide bonds. The van der Waals surface area contributed by atoms with E-state index in [0.717, 1.165) is 12.2 Å². The molecule has 0 unspecified atom stereocenters. The molecule has 0 saturated heterocycles. The van der Waals surface area contributed by atoms with Crippen LogP contribution in [-0.4, -0.2) is 33.8 Å². The third kappa shape index (κ3) is 4.36. The number of nitrogens with one attached hydrogen (secondary N) is 2. The van der Waals surface area contributed by atoms with Crippen LogP contribution in [0.1, 0.15) is 13.8 Å². The van der Waals surface area contributed by atoms with Gasteiger partial charge >= 0.3 is 0 Å². The third-order valence-corrected chi connectivity index (χ3v) is 3.82. The van der Waals surface area contributed by atoms with E-state index in [-0.39, 0.29) is 5.54 Å². The lowest BCUT2D eigenvalue weighted by Crippen LogP contribution is -2.42. The maximum Gasteiger partial charge on any atom is 0.175 e. The van der Waals surface area contributed by atoms with Gasteiger partial charge in [-0.3, -0.25) is 0 Å². The second-order valence-corrected chi connectivity index (χ2v) is 6.80. The highest BCUT2D eigenvalue weighted by Crippen LogP contribution is 2.14. The maximum absolute atomic E-state index is 11.3. The van der Waals surface area contributed by atoms with Gasteiger partial charge in [-0.05, 0) is 45.2 Å². The highest BCUT2D eigenvalue weighted by molar-refractivity contribution is 7.90. The van der Waals surface area contributed by atoms with Crippen LogP contribution in [-0.2, 0) is 9.84 Å². The third-order valence-electron chi connectivity index (χ3n) is 2.69. The first-order valence-electron chi connectivity index (χ1n) is 5.47. The fourth-order valence-corrected chi connectivity index (χ4v) is 1.86. The minimum Gasteiger partial charge on any atom is -0.383 e. The smallest absolute Gasteiger partial charge is 0.175 e. The van der Waals surface area contributed by atoms with Gasteiger partial charge in [-0.25, -0.2) is 8.42 Å². The molecule has 5 heteroatoms. The Balaban J connectivity index is 2.70.